The van der Waals surface area contributed by atoms with E-state index in [1.165, 1.54) is 12.1 Å². The van der Waals surface area contributed by atoms with Crippen molar-refractivity contribution >= 4 is 23.9 Å². The number of benzene rings is 1. The average Bonchev–Trinajstić information content (AvgIpc) is 2.26. The van der Waals surface area contributed by atoms with Gasteiger partial charge in [0.05, 0.1) is 13.4 Å². The normalized spacial score (nSPS) is 11.2. The Labute approximate surface area is 105 Å². The second-order valence-electron chi connectivity index (χ2n) is 3.40. The minimum atomic E-state index is -4.22. The number of halogens is 1. The molecule has 0 saturated carbocycles. The highest BCUT2D eigenvalue weighted by atomic mass is 32.2. The van der Waals surface area contributed by atoms with E-state index in [0.717, 1.165) is 6.07 Å². The Morgan fingerprint density at radius 1 is 1.44 bits per heavy atom. The van der Waals surface area contributed by atoms with Crippen molar-refractivity contribution in [1.29, 1.82) is 0 Å². The van der Waals surface area contributed by atoms with Crippen molar-refractivity contribution in [1.82, 2.24) is 0 Å². The van der Waals surface area contributed by atoms with Gasteiger partial charge in [0.1, 0.15) is 18.2 Å². The molecular formula is C10H10BFO5S. The summed E-state index contributed by atoms with van der Waals surface area (Å²) in [6.45, 7) is -0.560. The fraction of sp³-hybridized carbons (Fsp3) is 0.300. The first-order valence-corrected chi connectivity index (χ1v) is 6.56. The zero-order chi connectivity index (χ0) is 13.8. The number of carbonyl (C=O) groups is 1. The van der Waals surface area contributed by atoms with E-state index in [4.69, 9.17) is 12.4 Å². The van der Waals surface area contributed by atoms with Crippen molar-refractivity contribution in [3.63, 3.8) is 0 Å². The van der Waals surface area contributed by atoms with E-state index >= 15 is 0 Å². The van der Waals surface area contributed by atoms with Gasteiger partial charge in [0.2, 0.25) is 0 Å². The van der Waals surface area contributed by atoms with Crippen molar-refractivity contribution in [3.8, 4) is 0 Å². The topological polar surface area (TPSA) is 80.7 Å². The average molecular weight is 272 g/mol. The highest BCUT2D eigenvalue weighted by Crippen LogP contribution is 2.14. The van der Waals surface area contributed by atoms with Gasteiger partial charge in [0.15, 0.2) is 0 Å². The predicted octanol–water partition coefficient (Wildman–Crippen LogP) is 0.539. The molecule has 0 aromatic heterocycles. The molecule has 0 saturated heterocycles. The Morgan fingerprint density at radius 2 is 2.11 bits per heavy atom. The van der Waals surface area contributed by atoms with Gasteiger partial charge in [0.25, 0.3) is 10.1 Å². The molecule has 0 amide bonds. The Morgan fingerprint density at radius 3 is 2.67 bits per heavy atom. The van der Waals surface area contributed by atoms with E-state index in [1.54, 1.807) is 0 Å². The minimum absolute atomic E-state index is 0.0551. The Kier molecular flexibility index (Phi) is 4.86. The first-order chi connectivity index (χ1) is 8.35. The summed E-state index contributed by atoms with van der Waals surface area (Å²) in [7, 11) is 1.12. The van der Waals surface area contributed by atoms with Gasteiger partial charge in [-0.15, -0.1) is 0 Å². The summed E-state index contributed by atoms with van der Waals surface area (Å²) < 4.78 is 47.2. The zero-order valence-electron chi connectivity index (χ0n) is 9.30. The lowest BCUT2D eigenvalue weighted by atomic mass is 9.93. The molecule has 1 N–H and O–H groups in total. The van der Waals surface area contributed by atoms with Gasteiger partial charge in [-0.1, -0.05) is 18.5 Å². The van der Waals surface area contributed by atoms with Crippen LogP contribution in [0, 0.1) is 5.82 Å². The van der Waals surface area contributed by atoms with E-state index in [2.05, 4.69) is 4.74 Å². The SMILES string of the molecule is [B]Cc1cccc(F)c1C(=O)OCCS(=O)(=O)O. The van der Waals surface area contributed by atoms with Crippen molar-refractivity contribution in [2.75, 3.05) is 12.4 Å². The number of esters is 1. The van der Waals surface area contributed by atoms with Gasteiger partial charge in [-0.2, -0.15) is 8.42 Å². The third-order valence-corrected chi connectivity index (χ3v) is 2.78. The molecular weight excluding hydrogens is 262 g/mol. The summed E-state index contributed by atoms with van der Waals surface area (Å²) in [6, 6.07) is 3.92. The quantitative estimate of drug-likeness (QED) is 0.480. The number of ether oxygens (including phenoxy) is 1. The van der Waals surface area contributed by atoms with Crippen molar-refractivity contribution < 1.29 is 26.9 Å². The molecule has 0 aliphatic rings. The molecule has 0 spiro atoms. The van der Waals surface area contributed by atoms with Crippen LogP contribution in [-0.2, 0) is 21.2 Å². The molecule has 0 aliphatic carbocycles. The van der Waals surface area contributed by atoms with Crippen LogP contribution in [-0.4, -0.2) is 39.1 Å². The monoisotopic (exact) mass is 272 g/mol. The molecule has 1 rings (SSSR count). The van der Waals surface area contributed by atoms with Gasteiger partial charge in [-0.25, -0.2) is 9.18 Å². The second-order valence-corrected chi connectivity index (χ2v) is 4.97. The minimum Gasteiger partial charge on any atom is -0.461 e. The molecule has 0 unspecified atom stereocenters. The number of rotatable bonds is 5. The standard InChI is InChI=1S/C10H10BFO5S/c11-6-7-2-1-3-8(12)9(7)10(13)17-4-5-18(14,15)16/h1-3H,4-6H2,(H,14,15,16). The van der Waals surface area contributed by atoms with Gasteiger partial charge in [-0.05, 0) is 11.6 Å². The summed E-state index contributed by atoms with van der Waals surface area (Å²) >= 11 is 0. The van der Waals surface area contributed by atoms with Crippen LogP contribution >= 0.6 is 0 Å². The van der Waals surface area contributed by atoms with Crippen LogP contribution in [0.2, 0.25) is 0 Å². The van der Waals surface area contributed by atoms with E-state index in [9.17, 15) is 17.6 Å². The predicted molar refractivity (Wildman–Crippen MR) is 62.6 cm³/mol. The highest BCUT2D eigenvalue weighted by molar-refractivity contribution is 7.85. The van der Waals surface area contributed by atoms with Gasteiger partial charge < -0.3 is 4.74 Å². The summed E-state index contributed by atoms with van der Waals surface area (Å²) in [6.07, 6.45) is -0.0551. The molecule has 0 aliphatic heterocycles. The number of hydrogen-bond donors (Lipinski definition) is 1. The van der Waals surface area contributed by atoms with E-state index in [1.807, 2.05) is 0 Å². The van der Waals surface area contributed by atoms with Crippen LogP contribution in [0.15, 0.2) is 18.2 Å². The summed E-state index contributed by atoms with van der Waals surface area (Å²) in [5.41, 5.74) is -0.0674. The Bertz CT molecular complexity index is 543. The highest BCUT2D eigenvalue weighted by Gasteiger charge is 2.17. The van der Waals surface area contributed by atoms with E-state index < -0.39 is 34.3 Å². The van der Waals surface area contributed by atoms with Crippen molar-refractivity contribution in [2.24, 2.45) is 0 Å². The summed E-state index contributed by atoms with van der Waals surface area (Å²) in [5, 5.41) is 0. The number of carbonyl (C=O) groups excluding carboxylic acids is 1. The fourth-order valence-electron chi connectivity index (χ4n) is 1.28. The maximum absolute atomic E-state index is 13.4. The molecule has 18 heavy (non-hydrogen) atoms. The molecule has 8 heteroatoms. The maximum atomic E-state index is 13.4. The first kappa shape index (κ1) is 14.7. The van der Waals surface area contributed by atoms with Crippen LogP contribution in [0.4, 0.5) is 4.39 Å². The second kappa shape index (κ2) is 5.97. The molecule has 1 aromatic rings. The van der Waals surface area contributed by atoms with Crippen LogP contribution in [0.1, 0.15) is 15.9 Å². The summed E-state index contributed by atoms with van der Waals surface area (Å²) in [5.74, 6) is -2.56. The smallest absolute Gasteiger partial charge is 0.341 e. The molecule has 0 heterocycles. The lowest BCUT2D eigenvalue weighted by Gasteiger charge is -2.08. The molecule has 96 valence electrons. The van der Waals surface area contributed by atoms with Gasteiger partial charge in [0, 0.05) is 0 Å². The van der Waals surface area contributed by atoms with Crippen LogP contribution in [0.3, 0.4) is 0 Å². The Hall–Kier alpha value is -1.41. The zero-order valence-corrected chi connectivity index (χ0v) is 10.1. The maximum Gasteiger partial charge on any atom is 0.341 e. The third-order valence-electron chi connectivity index (χ3n) is 2.10. The Balaban J connectivity index is 2.79. The molecule has 2 radical (unpaired) electrons. The first-order valence-electron chi connectivity index (χ1n) is 4.95. The molecule has 0 bridgehead atoms. The molecule has 1 aromatic carbocycles. The lowest BCUT2D eigenvalue weighted by Crippen LogP contribution is -2.17. The third kappa shape index (κ3) is 4.12. The fourth-order valence-corrected chi connectivity index (χ4v) is 1.57. The van der Waals surface area contributed by atoms with E-state index in [0.29, 0.717) is 0 Å². The number of hydrogen-bond acceptors (Lipinski definition) is 4. The molecule has 0 fully saturated rings. The lowest BCUT2D eigenvalue weighted by molar-refractivity contribution is 0.0522. The van der Waals surface area contributed by atoms with E-state index in [-0.39, 0.29) is 17.4 Å². The van der Waals surface area contributed by atoms with Crippen LogP contribution in [0.5, 0.6) is 0 Å². The van der Waals surface area contributed by atoms with Crippen molar-refractivity contribution in [3.05, 3.63) is 35.1 Å². The van der Waals surface area contributed by atoms with Gasteiger partial charge >= 0.3 is 5.97 Å². The largest absolute Gasteiger partial charge is 0.461 e. The van der Waals surface area contributed by atoms with Crippen LogP contribution in [0.25, 0.3) is 0 Å². The van der Waals surface area contributed by atoms with Crippen LogP contribution < -0.4 is 0 Å². The van der Waals surface area contributed by atoms with Gasteiger partial charge in [-0.3, -0.25) is 4.55 Å². The molecule has 5 nitrogen and oxygen atoms in total. The van der Waals surface area contributed by atoms with Crippen molar-refractivity contribution in [2.45, 2.75) is 6.32 Å². The molecule has 0 atom stereocenters. The summed E-state index contributed by atoms with van der Waals surface area (Å²) in [4.78, 5) is 11.5.